The molecule has 0 aliphatic heterocycles. The molecule has 106 valence electrons. The normalized spacial score (nSPS) is 10.8. The van der Waals surface area contributed by atoms with Crippen molar-refractivity contribution < 1.29 is 14.6 Å². The number of fused-ring (bicyclic) bond motifs is 1. The lowest BCUT2D eigenvalue weighted by molar-refractivity contribution is 0.0689. The average molecular weight is 303 g/mol. The number of nitrogens with zero attached hydrogens (tertiary/aromatic N) is 2. The van der Waals surface area contributed by atoms with Crippen LogP contribution in [-0.2, 0) is 0 Å². The van der Waals surface area contributed by atoms with E-state index in [9.17, 15) is 9.90 Å². The van der Waals surface area contributed by atoms with Gasteiger partial charge in [0.2, 0.25) is 0 Å². The Bertz CT molecular complexity index is 825. The summed E-state index contributed by atoms with van der Waals surface area (Å²) < 4.78 is 6.65. The predicted molar refractivity (Wildman–Crippen MR) is 79.1 cm³/mol. The van der Waals surface area contributed by atoms with Crippen molar-refractivity contribution >= 4 is 23.1 Å². The van der Waals surface area contributed by atoms with Gasteiger partial charge < -0.3 is 9.84 Å². The summed E-state index contributed by atoms with van der Waals surface area (Å²) in [6, 6.07) is 12.1. The number of hydrogen-bond donors (Lipinski definition) is 1. The van der Waals surface area contributed by atoms with E-state index in [1.807, 2.05) is 12.1 Å². The third kappa shape index (κ3) is 2.21. The molecule has 0 aliphatic rings. The van der Waals surface area contributed by atoms with E-state index in [0.29, 0.717) is 17.1 Å². The summed E-state index contributed by atoms with van der Waals surface area (Å²) in [6.07, 6.45) is 0. The van der Waals surface area contributed by atoms with Gasteiger partial charge in [-0.1, -0.05) is 17.7 Å². The van der Waals surface area contributed by atoms with Gasteiger partial charge in [-0.25, -0.2) is 9.78 Å². The van der Waals surface area contributed by atoms with Crippen LogP contribution in [0.2, 0.25) is 5.15 Å². The first kappa shape index (κ1) is 13.5. The number of carbonyl (C=O) groups is 1. The number of benzene rings is 1. The van der Waals surface area contributed by atoms with Gasteiger partial charge in [-0.05, 0) is 36.4 Å². The summed E-state index contributed by atoms with van der Waals surface area (Å²) in [7, 11) is 1.58. The molecule has 0 amide bonds. The smallest absolute Gasteiger partial charge is 0.352 e. The van der Waals surface area contributed by atoms with Gasteiger partial charge in [-0.2, -0.15) is 0 Å². The van der Waals surface area contributed by atoms with Crippen LogP contribution >= 0.6 is 11.6 Å². The third-order valence-electron chi connectivity index (χ3n) is 3.18. The van der Waals surface area contributed by atoms with Gasteiger partial charge in [0.1, 0.15) is 17.3 Å². The number of imidazole rings is 1. The Balaban J connectivity index is 2.28. The Morgan fingerprint density at radius 2 is 1.95 bits per heavy atom. The van der Waals surface area contributed by atoms with E-state index in [-0.39, 0.29) is 10.8 Å². The largest absolute Gasteiger partial charge is 0.497 e. The lowest BCUT2D eigenvalue weighted by atomic mass is 10.2. The van der Waals surface area contributed by atoms with E-state index >= 15 is 0 Å². The molecule has 3 aromatic rings. The predicted octanol–water partition coefficient (Wildman–Crippen LogP) is 3.36. The summed E-state index contributed by atoms with van der Waals surface area (Å²) in [5, 5.41) is 9.60. The molecule has 1 aromatic carbocycles. The molecule has 21 heavy (non-hydrogen) atoms. The van der Waals surface area contributed by atoms with E-state index in [4.69, 9.17) is 16.3 Å². The van der Waals surface area contributed by atoms with E-state index in [0.717, 1.165) is 5.56 Å². The van der Waals surface area contributed by atoms with Crippen LogP contribution in [0.3, 0.4) is 0 Å². The second kappa shape index (κ2) is 5.10. The van der Waals surface area contributed by atoms with Crippen LogP contribution in [0, 0.1) is 0 Å². The first-order valence-electron chi connectivity index (χ1n) is 6.16. The fourth-order valence-electron chi connectivity index (χ4n) is 2.20. The molecule has 3 rings (SSSR count). The molecule has 0 saturated heterocycles. The molecule has 0 saturated carbocycles. The van der Waals surface area contributed by atoms with Crippen molar-refractivity contribution in [1.82, 2.24) is 9.38 Å². The molecule has 0 aliphatic carbocycles. The topological polar surface area (TPSA) is 63.8 Å². The van der Waals surface area contributed by atoms with E-state index in [1.54, 1.807) is 31.4 Å². The van der Waals surface area contributed by atoms with Gasteiger partial charge in [0.05, 0.1) is 12.6 Å². The summed E-state index contributed by atoms with van der Waals surface area (Å²) in [5.41, 5.74) is 1.42. The molecule has 0 bridgehead atoms. The Hall–Kier alpha value is -2.53. The van der Waals surface area contributed by atoms with Gasteiger partial charge in [-0.3, -0.25) is 4.40 Å². The lowest BCUT2D eigenvalue weighted by Crippen LogP contribution is -2.05. The van der Waals surface area contributed by atoms with Gasteiger partial charge in [0, 0.05) is 5.56 Å². The molecular weight excluding hydrogens is 292 g/mol. The maximum absolute atomic E-state index is 11.4. The highest BCUT2D eigenvalue weighted by Crippen LogP contribution is 2.28. The van der Waals surface area contributed by atoms with Crippen LogP contribution in [0.15, 0.2) is 42.5 Å². The summed E-state index contributed by atoms with van der Waals surface area (Å²) >= 11 is 6.11. The van der Waals surface area contributed by atoms with Gasteiger partial charge >= 0.3 is 5.97 Å². The Morgan fingerprint density at radius 3 is 2.57 bits per heavy atom. The third-order valence-corrected chi connectivity index (χ3v) is 3.46. The summed E-state index contributed by atoms with van der Waals surface area (Å²) in [6.45, 7) is 0. The maximum atomic E-state index is 11.4. The van der Waals surface area contributed by atoms with Crippen LogP contribution in [-0.4, -0.2) is 27.6 Å². The highest BCUT2D eigenvalue weighted by Gasteiger charge is 2.17. The molecule has 0 unspecified atom stereocenters. The Kier molecular flexibility index (Phi) is 3.27. The van der Waals surface area contributed by atoms with Crippen molar-refractivity contribution in [3.8, 4) is 17.1 Å². The second-order valence-corrected chi connectivity index (χ2v) is 4.75. The van der Waals surface area contributed by atoms with Gasteiger partial charge in [-0.15, -0.1) is 0 Å². The molecule has 2 heterocycles. The maximum Gasteiger partial charge on any atom is 0.352 e. The number of carboxylic acid groups (broad SMARTS) is 1. The number of rotatable bonds is 3. The lowest BCUT2D eigenvalue weighted by Gasteiger charge is -2.06. The second-order valence-electron chi connectivity index (χ2n) is 4.39. The molecule has 0 radical (unpaired) electrons. The highest BCUT2D eigenvalue weighted by molar-refractivity contribution is 6.33. The number of hydrogen-bond acceptors (Lipinski definition) is 3. The van der Waals surface area contributed by atoms with Crippen LogP contribution < -0.4 is 4.74 Å². The monoisotopic (exact) mass is 302 g/mol. The quantitative estimate of drug-likeness (QED) is 0.805. The number of carboxylic acids is 1. The zero-order chi connectivity index (χ0) is 15.0. The Labute approximate surface area is 125 Å². The van der Waals surface area contributed by atoms with Crippen molar-refractivity contribution in [2.75, 3.05) is 7.11 Å². The van der Waals surface area contributed by atoms with Crippen LogP contribution in [0.25, 0.3) is 16.9 Å². The van der Waals surface area contributed by atoms with Crippen molar-refractivity contribution in [2.24, 2.45) is 0 Å². The first-order valence-corrected chi connectivity index (χ1v) is 6.54. The van der Waals surface area contributed by atoms with E-state index < -0.39 is 5.97 Å². The zero-order valence-corrected chi connectivity index (χ0v) is 11.8. The van der Waals surface area contributed by atoms with Crippen LogP contribution in [0.4, 0.5) is 0 Å². The molecule has 0 spiro atoms. The standard InChI is InChI=1S/C15H11ClN2O3/c1-21-10-7-5-9(6-8-10)14-17-13(16)11-3-2-4-12(15(19)20)18(11)14/h2-8H,1H3,(H,19,20). The molecule has 6 heteroatoms. The molecule has 0 fully saturated rings. The van der Waals surface area contributed by atoms with Gasteiger partial charge in [0.15, 0.2) is 5.15 Å². The van der Waals surface area contributed by atoms with E-state index in [1.165, 1.54) is 10.5 Å². The van der Waals surface area contributed by atoms with E-state index in [2.05, 4.69) is 4.98 Å². The highest BCUT2D eigenvalue weighted by atomic mass is 35.5. The molecule has 0 atom stereocenters. The summed E-state index contributed by atoms with van der Waals surface area (Å²) in [4.78, 5) is 15.7. The van der Waals surface area contributed by atoms with Crippen LogP contribution in [0.1, 0.15) is 10.5 Å². The fraction of sp³-hybridized carbons (Fsp3) is 0.0667. The number of pyridine rings is 1. The van der Waals surface area contributed by atoms with Crippen molar-refractivity contribution in [3.63, 3.8) is 0 Å². The average Bonchev–Trinajstić information content (AvgIpc) is 2.84. The van der Waals surface area contributed by atoms with Crippen LogP contribution in [0.5, 0.6) is 5.75 Å². The SMILES string of the molecule is COc1ccc(-c2nc(Cl)c3cccc(C(=O)O)n23)cc1. The molecule has 5 nitrogen and oxygen atoms in total. The fourth-order valence-corrected chi connectivity index (χ4v) is 2.43. The van der Waals surface area contributed by atoms with Crippen molar-refractivity contribution in [3.05, 3.63) is 53.3 Å². The van der Waals surface area contributed by atoms with Gasteiger partial charge in [0.25, 0.3) is 0 Å². The van der Waals surface area contributed by atoms with Crippen molar-refractivity contribution in [1.29, 1.82) is 0 Å². The number of methoxy groups -OCH3 is 1. The molecule has 2 aromatic heterocycles. The molecular formula is C15H11ClN2O3. The minimum absolute atomic E-state index is 0.109. The number of halogens is 1. The molecule has 1 N–H and O–H groups in total. The van der Waals surface area contributed by atoms with Crippen molar-refractivity contribution in [2.45, 2.75) is 0 Å². The number of ether oxygens (including phenoxy) is 1. The number of aromatic nitrogens is 2. The minimum Gasteiger partial charge on any atom is -0.497 e. The minimum atomic E-state index is -1.04. The first-order chi connectivity index (χ1) is 10.1. The zero-order valence-electron chi connectivity index (χ0n) is 11.1. The summed E-state index contributed by atoms with van der Waals surface area (Å²) in [5.74, 6) is 0.157. The Morgan fingerprint density at radius 1 is 1.24 bits per heavy atom. The number of aromatic carboxylic acids is 1.